The maximum atomic E-state index is 12.3. The van der Waals surface area contributed by atoms with Crippen molar-refractivity contribution in [1.29, 1.82) is 0 Å². The molecule has 0 saturated carbocycles. The van der Waals surface area contributed by atoms with Crippen LogP contribution in [-0.4, -0.2) is 40.3 Å². The van der Waals surface area contributed by atoms with Gasteiger partial charge in [0.25, 0.3) is 0 Å². The van der Waals surface area contributed by atoms with Gasteiger partial charge in [0.1, 0.15) is 11.4 Å². The van der Waals surface area contributed by atoms with Crippen LogP contribution in [-0.2, 0) is 9.53 Å². The van der Waals surface area contributed by atoms with E-state index in [4.69, 9.17) is 10.5 Å². The van der Waals surface area contributed by atoms with Crippen LogP contribution in [0.2, 0.25) is 0 Å². The number of nitrogen functional groups attached to an aromatic ring is 1. The van der Waals surface area contributed by atoms with E-state index >= 15 is 0 Å². The molecule has 0 spiro atoms. The molecule has 0 bridgehead atoms. The summed E-state index contributed by atoms with van der Waals surface area (Å²) in [5.41, 5.74) is 7.58. The van der Waals surface area contributed by atoms with Crippen molar-refractivity contribution in [2.75, 3.05) is 23.0 Å². The molecule has 0 fully saturated rings. The van der Waals surface area contributed by atoms with Crippen molar-refractivity contribution in [3.05, 3.63) is 12.1 Å². The number of anilines is 3. The zero-order chi connectivity index (χ0) is 19.4. The molecule has 2 amide bonds. The Balaban J connectivity index is 2.95. The first-order valence-corrected chi connectivity index (χ1v) is 7.25. The summed E-state index contributed by atoms with van der Waals surface area (Å²) in [4.78, 5) is 26.8. The van der Waals surface area contributed by atoms with Crippen LogP contribution in [0.1, 0.15) is 27.7 Å². The third-order valence-electron chi connectivity index (χ3n) is 2.60. The Hall–Kier alpha value is -2.72. The van der Waals surface area contributed by atoms with Crippen molar-refractivity contribution in [3.63, 3.8) is 0 Å². The number of nitrogens with two attached hydrogens (primary N) is 1. The average Bonchev–Trinajstić information content (AvgIpc) is 2.44. The number of hydrazine groups is 1. The highest BCUT2D eigenvalue weighted by Gasteiger charge is 2.39. The minimum absolute atomic E-state index is 0.0621. The third kappa shape index (κ3) is 6.36. The molecule has 4 N–H and O–H groups in total. The SMILES string of the molecule is CCN(Nc1nc(NC(=O)C(F)(F)F)ccc1N)C(=O)OC(C)(C)C. The van der Waals surface area contributed by atoms with Crippen LogP contribution in [0.3, 0.4) is 0 Å². The monoisotopic (exact) mass is 363 g/mol. The Bertz CT molecular complexity index is 644. The highest BCUT2D eigenvalue weighted by Crippen LogP contribution is 2.22. The number of hydrogen-bond acceptors (Lipinski definition) is 6. The minimum atomic E-state index is -5.05. The lowest BCUT2D eigenvalue weighted by Crippen LogP contribution is -2.40. The summed E-state index contributed by atoms with van der Waals surface area (Å²) >= 11 is 0. The second-order valence-corrected chi connectivity index (χ2v) is 5.92. The maximum absolute atomic E-state index is 12.3. The molecule has 11 heteroatoms. The number of nitrogens with one attached hydrogen (secondary N) is 2. The number of aromatic nitrogens is 1. The molecular formula is C14H20F3N5O3. The molecule has 1 rings (SSSR count). The smallest absolute Gasteiger partial charge is 0.442 e. The Morgan fingerprint density at radius 3 is 2.36 bits per heavy atom. The Morgan fingerprint density at radius 1 is 1.28 bits per heavy atom. The molecule has 1 aromatic rings. The lowest BCUT2D eigenvalue weighted by Gasteiger charge is -2.27. The Kier molecular flexibility index (Phi) is 6.05. The molecule has 0 unspecified atom stereocenters. The fourth-order valence-electron chi connectivity index (χ4n) is 1.51. The van der Waals surface area contributed by atoms with Crippen LogP contribution in [0.4, 0.5) is 35.3 Å². The number of rotatable bonds is 4. The molecule has 25 heavy (non-hydrogen) atoms. The number of hydrogen-bond donors (Lipinski definition) is 3. The largest absolute Gasteiger partial charge is 0.471 e. The van der Waals surface area contributed by atoms with Gasteiger partial charge in [0.2, 0.25) is 0 Å². The molecule has 0 aliphatic rings. The summed E-state index contributed by atoms with van der Waals surface area (Å²) in [7, 11) is 0. The van der Waals surface area contributed by atoms with Gasteiger partial charge in [-0.25, -0.2) is 14.8 Å². The van der Waals surface area contributed by atoms with Crippen LogP contribution in [0.5, 0.6) is 0 Å². The molecule has 0 aliphatic carbocycles. The second kappa shape index (κ2) is 7.45. The van der Waals surface area contributed by atoms with Gasteiger partial charge in [-0.1, -0.05) is 0 Å². The van der Waals surface area contributed by atoms with E-state index in [0.717, 1.165) is 11.1 Å². The van der Waals surface area contributed by atoms with E-state index in [0.29, 0.717) is 0 Å². The van der Waals surface area contributed by atoms with E-state index in [-0.39, 0.29) is 23.9 Å². The van der Waals surface area contributed by atoms with E-state index in [2.05, 4.69) is 10.4 Å². The van der Waals surface area contributed by atoms with Crippen LogP contribution in [0, 0.1) is 0 Å². The minimum Gasteiger partial charge on any atom is -0.442 e. The van der Waals surface area contributed by atoms with Gasteiger partial charge in [-0.05, 0) is 39.8 Å². The molecule has 0 saturated heterocycles. The summed E-state index contributed by atoms with van der Waals surface area (Å²) < 4.78 is 42.1. The molecule has 0 atom stereocenters. The number of amides is 2. The van der Waals surface area contributed by atoms with E-state index in [1.54, 1.807) is 33.0 Å². The van der Waals surface area contributed by atoms with E-state index in [1.165, 1.54) is 6.07 Å². The molecule has 0 aliphatic heterocycles. The van der Waals surface area contributed by atoms with Gasteiger partial charge < -0.3 is 15.8 Å². The summed E-state index contributed by atoms with van der Waals surface area (Å²) in [6, 6.07) is 2.35. The van der Waals surface area contributed by atoms with Crippen molar-refractivity contribution < 1.29 is 27.5 Å². The highest BCUT2D eigenvalue weighted by atomic mass is 19.4. The lowest BCUT2D eigenvalue weighted by molar-refractivity contribution is -0.167. The number of halogens is 3. The molecular weight excluding hydrogens is 343 g/mol. The first-order valence-electron chi connectivity index (χ1n) is 7.25. The zero-order valence-corrected chi connectivity index (χ0v) is 14.2. The standard InChI is InChI=1S/C14H20F3N5O3/c1-5-22(12(24)25-13(2,3)4)21-10-8(18)6-7-9(19-10)20-11(23)14(15,16)17/h6-7H,5,18H2,1-4H3,(H2,19,20,21,23). The first-order chi connectivity index (χ1) is 11.3. The average molecular weight is 363 g/mol. The zero-order valence-electron chi connectivity index (χ0n) is 14.2. The molecule has 8 nitrogen and oxygen atoms in total. The number of ether oxygens (including phenoxy) is 1. The summed E-state index contributed by atoms with van der Waals surface area (Å²) in [5, 5.41) is 2.64. The third-order valence-corrected chi connectivity index (χ3v) is 2.60. The molecule has 1 aromatic heterocycles. The molecule has 140 valence electrons. The molecule has 0 aromatic carbocycles. The van der Waals surface area contributed by atoms with Gasteiger partial charge in [-0.3, -0.25) is 10.2 Å². The van der Waals surface area contributed by atoms with Crippen LogP contribution < -0.4 is 16.5 Å². The number of alkyl halides is 3. The maximum Gasteiger partial charge on any atom is 0.471 e. The lowest BCUT2D eigenvalue weighted by atomic mass is 10.2. The predicted octanol–water partition coefficient (Wildman–Crippen LogP) is 2.75. The van der Waals surface area contributed by atoms with E-state index < -0.39 is 23.8 Å². The summed E-state index contributed by atoms with van der Waals surface area (Å²) in [6.07, 6.45) is -5.77. The van der Waals surface area contributed by atoms with Gasteiger partial charge in [0, 0.05) is 6.54 Å². The Labute approximate surface area is 142 Å². The van der Waals surface area contributed by atoms with Crippen molar-refractivity contribution in [1.82, 2.24) is 9.99 Å². The van der Waals surface area contributed by atoms with Crippen molar-refractivity contribution in [2.45, 2.75) is 39.5 Å². The van der Waals surface area contributed by atoms with Crippen molar-refractivity contribution in [2.24, 2.45) is 0 Å². The van der Waals surface area contributed by atoms with Gasteiger partial charge in [0.15, 0.2) is 5.82 Å². The van der Waals surface area contributed by atoms with Crippen LogP contribution >= 0.6 is 0 Å². The molecule has 1 heterocycles. The topological polar surface area (TPSA) is 110 Å². The van der Waals surface area contributed by atoms with Crippen molar-refractivity contribution in [3.8, 4) is 0 Å². The fraction of sp³-hybridized carbons (Fsp3) is 0.500. The summed E-state index contributed by atoms with van der Waals surface area (Å²) in [5.74, 6) is -2.65. The van der Waals surface area contributed by atoms with Gasteiger partial charge in [0.05, 0.1) is 5.69 Å². The van der Waals surface area contributed by atoms with Gasteiger partial charge >= 0.3 is 18.2 Å². The molecule has 0 radical (unpaired) electrons. The quantitative estimate of drug-likeness (QED) is 0.710. The summed E-state index contributed by atoms with van der Waals surface area (Å²) in [6.45, 7) is 6.84. The number of nitrogens with zero attached hydrogens (tertiary/aromatic N) is 2. The first kappa shape index (κ1) is 20.3. The number of pyridine rings is 1. The van der Waals surface area contributed by atoms with E-state index in [1.807, 2.05) is 0 Å². The van der Waals surface area contributed by atoms with Crippen molar-refractivity contribution >= 4 is 29.3 Å². The van der Waals surface area contributed by atoms with Crippen LogP contribution in [0.15, 0.2) is 12.1 Å². The number of carbonyl (C=O) groups excluding carboxylic acids is 2. The highest BCUT2D eigenvalue weighted by molar-refractivity contribution is 5.94. The Morgan fingerprint density at radius 2 is 1.88 bits per heavy atom. The van der Waals surface area contributed by atoms with Crippen LogP contribution in [0.25, 0.3) is 0 Å². The fourth-order valence-corrected chi connectivity index (χ4v) is 1.51. The number of carbonyl (C=O) groups is 2. The van der Waals surface area contributed by atoms with Gasteiger partial charge in [-0.2, -0.15) is 13.2 Å². The predicted molar refractivity (Wildman–Crippen MR) is 85.6 cm³/mol. The van der Waals surface area contributed by atoms with E-state index in [9.17, 15) is 22.8 Å². The normalized spacial score (nSPS) is 11.6. The van der Waals surface area contributed by atoms with Gasteiger partial charge in [-0.15, -0.1) is 0 Å². The second-order valence-electron chi connectivity index (χ2n) is 5.92.